The van der Waals surface area contributed by atoms with Crippen molar-refractivity contribution in [2.75, 3.05) is 56.0 Å². The van der Waals surface area contributed by atoms with E-state index in [9.17, 15) is 9.59 Å². The predicted molar refractivity (Wildman–Crippen MR) is 105 cm³/mol. The van der Waals surface area contributed by atoms with Crippen molar-refractivity contribution < 1.29 is 9.59 Å². The Labute approximate surface area is 160 Å². The minimum absolute atomic E-state index is 0.0184. The molecule has 0 aromatic carbocycles. The van der Waals surface area contributed by atoms with E-state index in [1.807, 2.05) is 15.9 Å². The van der Waals surface area contributed by atoms with Gasteiger partial charge in [0, 0.05) is 38.9 Å². The number of unbranched alkanes of at least 4 members (excludes halogenated alkanes) is 1. The number of hydrogen-bond donors (Lipinski definition) is 1. The number of anilines is 2. The Bertz CT molecular complexity index is 710. The maximum Gasteiger partial charge on any atom is 0.255 e. The molecule has 2 amide bonds. The van der Waals surface area contributed by atoms with Crippen LogP contribution in [0.3, 0.4) is 0 Å². The summed E-state index contributed by atoms with van der Waals surface area (Å²) in [5.41, 5.74) is 1.33. The second kappa shape index (κ2) is 7.84. The zero-order valence-electron chi connectivity index (χ0n) is 16.1. The van der Waals surface area contributed by atoms with Gasteiger partial charge >= 0.3 is 0 Å². The quantitative estimate of drug-likeness (QED) is 0.826. The predicted octanol–water partition coefficient (Wildman–Crippen LogP) is 1.81. The summed E-state index contributed by atoms with van der Waals surface area (Å²) in [6.07, 6.45) is 6.41. The van der Waals surface area contributed by atoms with E-state index in [0.717, 1.165) is 45.0 Å². The SMILES string of the molecule is CCCCN1CCN(C(=O)c2cnc3c(c2)N(CC2CC2)C(=O)CN3)CC1. The first-order valence-electron chi connectivity index (χ1n) is 10.2. The average molecular weight is 371 g/mol. The number of amides is 2. The Morgan fingerprint density at radius 2 is 2.04 bits per heavy atom. The minimum atomic E-state index is 0.0184. The fourth-order valence-corrected chi connectivity index (χ4v) is 3.80. The van der Waals surface area contributed by atoms with Crippen molar-refractivity contribution in [1.82, 2.24) is 14.8 Å². The number of nitrogens with zero attached hydrogens (tertiary/aromatic N) is 4. The molecule has 1 N–H and O–H groups in total. The Hall–Kier alpha value is -2.15. The molecule has 146 valence electrons. The molecule has 3 heterocycles. The zero-order chi connectivity index (χ0) is 18.8. The number of piperazine rings is 1. The molecule has 1 saturated carbocycles. The molecule has 2 aliphatic heterocycles. The van der Waals surface area contributed by atoms with Crippen molar-refractivity contribution in [1.29, 1.82) is 0 Å². The smallest absolute Gasteiger partial charge is 0.255 e. The number of carbonyl (C=O) groups excluding carboxylic acids is 2. The molecule has 7 heteroatoms. The molecular formula is C20H29N5O2. The first kappa shape index (κ1) is 18.2. The lowest BCUT2D eigenvalue weighted by Crippen LogP contribution is -2.49. The van der Waals surface area contributed by atoms with E-state index in [1.54, 1.807) is 6.20 Å². The highest BCUT2D eigenvalue weighted by molar-refractivity contribution is 6.04. The molecule has 0 bridgehead atoms. The molecule has 1 aromatic rings. The standard InChI is InChI=1S/C20H29N5O2/c1-2-3-6-23-7-9-24(10-8-23)20(27)16-11-17-19(21-12-16)22-13-18(26)25(17)14-15-4-5-15/h11-12,15H,2-10,13-14H2,1H3,(H,21,22). The van der Waals surface area contributed by atoms with Gasteiger partial charge in [-0.15, -0.1) is 0 Å². The van der Waals surface area contributed by atoms with Gasteiger partial charge in [-0.05, 0) is 37.8 Å². The first-order valence-corrected chi connectivity index (χ1v) is 10.2. The van der Waals surface area contributed by atoms with E-state index < -0.39 is 0 Å². The van der Waals surface area contributed by atoms with Crippen LogP contribution < -0.4 is 10.2 Å². The van der Waals surface area contributed by atoms with E-state index in [1.165, 1.54) is 25.7 Å². The number of fused-ring (bicyclic) bond motifs is 1. The van der Waals surface area contributed by atoms with E-state index >= 15 is 0 Å². The number of rotatable bonds is 6. The van der Waals surface area contributed by atoms with Gasteiger partial charge in [0.15, 0.2) is 0 Å². The van der Waals surface area contributed by atoms with E-state index in [-0.39, 0.29) is 18.4 Å². The van der Waals surface area contributed by atoms with Gasteiger partial charge < -0.3 is 15.1 Å². The molecule has 1 saturated heterocycles. The van der Waals surface area contributed by atoms with E-state index in [0.29, 0.717) is 17.3 Å². The van der Waals surface area contributed by atoms with Gasteiger partial charge in [0.1, 0.15) is 5.82 Å². The van der Waals surface area contributed by atoms with Crippen molar-refractivity contribution in [2.45, 2.75) is 32.6 Å². The summed E-state index contributed by atoms with van der Waals surface area (Å²) in [6.45, 7) is 7.70. The highest BCUT2D eigenvalue weighted by Gasteiger charge is 2.32. The van der Waals surface area contributed by atoms with Gasteiger partial charge in [-0.3, -0.25) is 14.5 Å². The van der Waals surface area contributed by atoms with Crippen LogP contribution in [-0.2, 0) is 4.79 Å². The lowest BCUT2D eigenvalue weighted by atomic mass is 10.1. The molecule has 4 rings (SSSR count). The van der Waals surface area contributed by atoms with Crippen LogP contribution in [0.5, 0.6) is 0 Å². The molecule has 1 aliphatic carbocycles. The van der Waals surface area contributed by atoms with Crippen LogP contribution in [0.4, 0.5) is 11.5 Å². The van der Waals surface area contributed by atoms with Gasteiger partial charge in [-0.25, -0.2) is 4.98 Å². The van der Waals surface area contributed by atoms with Crippen LogP contribution in [0.2, 0.25) is 0 Å². The van der Waals surface area contributed by atoms with E-state index in [2.05, 4.69) is 22.1 Å². The fourth-order valence-electron chi connectivity index (χ4n) is 3.80. The average Bonchev–Trinajstić information content (AvgIpc) is 3.52. The lowest BCUT2D eigenvalue weighted by Gasteiger charge is -2.35. The summed E-state index contributed by atoms with van der Waals surface area (Å²) in [6, 6.07) is 1.85. The van der Waals surface area contributed by atoms with Crippen molar-refractivity contribution >= 4 is 23.3 Å². The lowest BCUT2D eigenvalue weighted by molar-refractivity contribution is -0.117. The van der Waals surface area contributed by atoms with Crippen molar-refractivity contribution in [2.24, 2.45) is 5.92 Å². The molecule has 1 aromatic heterocycles. The van der Waals surface area contributed by atoms with E-state index in [4.69, 9.17) is 0 Å². The number of aromatic nitrogens is 1. The Morgan fingerprint density at radius 3 is 2.74 bits per heavy atom. The molecule has 0 radical (unpaired) electrons. The Kier molecular flexibility index (Phi) is 5.29. The molecule has 27 heavy (non-hydrogen) atoms. The summed E-state index contributed by atoms with van der Waals surface area (Å²) >= 11 is 0. The van der Waals surface area contributed by atoms with Crippen LogP contribution in [0.1, 0.15) is 43.0 Å². The normalized spacial score (nSPS) is 20.4. The van der Waals surface area contributed by atoms with Gasteiger partial charge in [-0.2, -0.15) is 0 Å². The molecule has 0 atom stereocenters. The fraction of sp³-hybridized carbons (Fsp3) is 0.650. The molecule has 7 nitrogen and oxygen atoms in total. The van der Waals surface area contributed by atoms with Crippen LogP contribution in [0.15, 0.2) is 12.3 Å². The topological polar surface area (TPSA) is 68.8 Å². The minimum Gasteiger partial charge on any atom is -0.359 e. The highest BCUT2D eigenvalue weighted by atomic mass is 16.2. The monoisotopic (exact) mass is 371 g/mol. The molecule has 0 spiro atoms. The Balaban J connectivity index is 1.45. The zero-order valence-corrected chi connectivity index (χ0v) is 16.1. The van der Waals surface area contributed by atoms with Gasteiger partial charge in [-0.1, -0.05) is 13.3 Å². The second-order valence-electron chi connectivity index (χ2n) is 7.88. The molecular weight excluding hydrogens is 342 g/mol. The number of nitrogens with one attached hydrogen (secondary N) is 1. The first-order chi connectivity index (χ1) is 13.2. The summed E-state index contributed by atoms with van der Waals surface area (Å²) in [5, 5.41) is 3.07. The van der Waals surface area contributed by atoms with Gasteiger partial charge in [0.25, 0.3) is 5.91 Å². The van der Waals surface area contributed by atoms with Crippen molar-refractivity contribution in [3.8, 4) is 0 Å². The van der Waals surface area contributed by atoms with Crippen LogP contribution in [0, 0.1) is 5.92 Å². The summed E-state index contributed by atoms with van der Waals surface area (Å²) in [5.74, 6) is 1.38. The summed E-state index contributed by atoms with van der Waals surface area (Å²) in [4.78, 5) is 35.9. The third-order valence-corrected chi connectivity index (χ3v) is 5.74. The maximum absolute atomic E-state index is 13.0. The number of carbonyl (C=O) groups is 2. The van der Waals surface area contributed by atoms with Crippen LogP contribution in [-0.4, -0.2) is 72.4 Å². The number of pyridine rings is 1. The number of hydrogen-bond acceptors (Lipinski definition) is 5. The Morgan fingerprint density at radius 1 is 1.26 bits per heavy atom. The maximum atomic E-state index is 13.0. The summed E-state index contributed by atoms with van der Waals surface area (Å²) in [7, 11) is 0. The molecule has 0 unspecified atom stereocenters. The van der Waals surface area contributed by atoms with Crippen LogP contribution >= 0.6 is 0 Å². The molecule has 2 fully saturated rings. The van der Waals surface area contributed by atoms with Crippen molar-refractivity contribution in [3.63, 3.8) is 0 Å². The highest BCUT2D eigenvalue weighted by Crippen LogP contribution is 2.35. The largest absolute Gasteiger partial charge is 0.359 e. The van der Waals surface area contributed by atoms with Gasteiger partial charge in [0.05, 0.1) is 17.8 Å². The second-order valence-corrected chi connectivity index (χ2v) is 7.88. The molecule has 3 aliphatic rings. The van der Waals surface area contributed by atoms with Crippen LogP contribution in [0.25, 0.3) is 0 Å². The third kappa shape index (κ3) is 4.08. The van der Waals surface area contributed by atoms with Crippen molar-refractivity contribution in [3.05, 3.63) is 17.8 Å². The van der Waals surface area contributed by atoms with Gasteiger partial charge in [0.2, 0.25) is 5.91 Å². The third-order valence-electron chi connectivity index (χ3n) is 5.74. The summed E-state index contributed by atoms with van der Waals surface area (Å²) < 4.78 is 0.